The van der Waals surface area contributed by atoms with Gasteiger partial charge in [0.1, 0.15) is 17.5 Å². The van der Waals surface area contributed by atoms with Crippen LogP contribution in [0.3, 0.4) is 0 Å². The van der Waals surface area contributed by atoms with E-state index < -0.39 is 10.8 Å². The number of aromatic nitrogens is 2. The Labute approximate surface area is 118 Å². The Bertz CT molecular complexity index is 746. The number of aromatic amines is 1. The number of nitriles is 1. The van der Waals surface area contributed by atoms with Gasteiger partial charge in [-0.15, -0.1) is 0 Å². The van der Waals surface area contributed by atoms with Gasteiger partial charge in [-0.3, -0.25) is 20.0 Å². The van der Waals surface area contributed by atoms with Crippen LogP contribution in [0.4, 0.5) is 11.5 Å². The van der Waals surface area contributed by atoms with Crippen molar-refractivity contribution >= 4 is 17.4 Å². The van der Waals surface area contributed by atoms with E-state index in [9.17, 15) is 14.9 Å². The third kappa shape index (κ3) is 2.64. The third-order valence-electron chi connectivity index (χ3n) is 2.64. The number of rotatable bonds is 4. The van der Waals surface area contributed by atoms with E-state index in [1.807, 2.05) is 6.07 Å². The first-order valence-corrected chi connectivity index (χ1v) is 5.64. The molecule has 0 unspecified atom stereocenters. The van der Waals surface area contributed by atoms with Gasteiger partial charge < -0.3 is 10.1 Å². The highest BCUT2D eigenvalue weighted by molar-refractivity contribution is 6.07. The van der Waals surface area contributed by atoms with Gasteiger partial charge in [-0.25, -0.2) is 0 Å². The van der Waals surface area contributed by atoms with Crippen molar-refractivity contribution in [1.29, 1.82) is 5.26 Å². The summed E-state index contributed by atoms with van der Waals surface area (Å²) in [4.78, 5) is 22.4. The Kier molecular flexibility index (Phi) is 3.80. The molecular formula is C12H9N5O4. The number of nitro benzene ring substituents is 1. The first kappa shape index (κ1) is 14.0. The molecule has 0 aliphatic carbocycles. The molecule has 9 heteroatoms. The van der Waals surface area contributed by atoms with Crippen molar-refractivity contribution < 1.29 is 14.5 Å². The van der Waals surface area contributed by atoms with Gasteiger partial charge in [0.25, 0.3) is 5.91 Å². The number of hydrogen-bond acceptors (Lipinski definition) is 6. The van der Waals surface area contributed by atoms with Crippen LogP contribution in [0.25, 0.3) is 0 Å². The molecule has 2 rings (SSSR count). The lowest BCUT2D eigenvalue weighted by atomic mass is 10.1. The lowest BCUT2D eigenvalue weighted by molar-refractivity contribution is -0.385. The van der Waals surface area contributed by atoms with Gasteiger partial charge in [-0.2, -0.15) is 10.4 Å². The van der Waals surface area contributed by atoms with Crippen LogP contribution < -0.4 is 10.1 Å². The molecule has 2 N–H and O–H groups in total. The van der Waals surface area contributed by atoms with E-state index in [2.05, 4.69) is 15.5 Å². The van der Waals surface area contributed by atoms with Gasteiger partial charge in [0.05, 0.1) is 23.8 Å². The van der Waals surface area contributed by atoms with Crippen LogP contribution >= 0.6 is 0 Å². The predicted molar refractivity (Wildman–Crippen MR) is 70.9 cm³/mol. The Morgan fingerprint density at radius 1 is 1.57 bits per heavy atom. The Hall–Kier alpha value is -3.41. The quantitative estimate of drug-likeness (QED) is 0.645. The zero-order valence-electron chi connectivity index (χ0n) is 10.8. The number of H-pyrrole nitrogens is 1. The summed E-state index contributed by atoms with van der Waals surface area (Å²) >= 11 is 0. The normalized spacial score (nSPS) is 9.71. The Morgan fingerprint density at radius 2 is 2.33 bits per heavy atom. The first-order valence-electron chi connectivity index (χ1n) is 5.64. The van der Waals surface area contributed by atoms with Crippen molar-refractivity contribution in [2.24, 2.45) is 0 Å². The van der Waals surface area contributed by atoms with Crippen LogP contribution in [0, 0.1) is 21.4 Å². The van der Waals surface area contributed by atoms with Crippen LogP contribution in [0.1, 0.15) is 15.9 Å². The number of nitrogens with zero attached hydrogens (tertiary/aromatic N) is 3. The molecule has 0 aliphatic heterocycles. The van der Waals surface area contributed by atoms with E-state index in [0.717, 1.165) is 0 Å². The van der Waals surface area contributed by atoms with Crippen LogP contribution in [-0.4, -0.2) is 28.1 Å². The van der Waals surface area contributed by atoms with Gasteiger partial charge in [0, 0.05) is 6.07 Å². The molecule has 106 valence electrons. The maximum Gasteiger partial charge on any atom is 0.311 e. The highest BCUT2D eigenvalue weighted by Gasteiger charge is 2.23. The van der Waals surface area contributed by atoms with Crippen LogP contribution in [0.2, 0.25) is 0 Å². The maximum atomic E-state index is 12.2. The summed E-state index contributed by atoms with van der Waals surface area (Å²) in [5.41, 5.74) is -0.201. The summed E-state index contributed by atoms with van der Waals surface area (Å²) in [6.07, 6.45) is 1.25. The van der Waals surface area contributed by atoms with Crippen LogP contribution in [0.15, 0.2) is 24.4 Å². The summed E-state index contributed by atoms with van der Waals surface area (Å²) in [5.74, 6) is -0.703. The van der Waals surface area contributed by atoms with Crippen molar-refractivity contribution in [3.8, 4) is 11.8 Å². The molecule has 1 heterocycles. The molecule has 1 aromatic heterocycles. The van der Waals surface area contributed by atoms with E-state index in [1.165, 1.54) is 31.5 Å². The number of benzene rings is 1. The minimum Gasteiger partial charge on any atom is -0.490 e. The van der Waals surface area contributed by atoms with E-state index in [4.69, 9.17) is 10.00 Å². The molecule has 1 amide bonds. The number of hydrogen-bond donors (Lipinski definition) is 2. The zero-order chi connectivity index (χ0) is 15.4. The van der Waals surface area contributed by atoms with Crippen molar-refractivity contribution in [2.45, 2.75) is 0 Å². The number of amides is 1. The maximum absolute atomic E-state index is 12.2. The smallest absolute Gasteiger partial charge is 0.311 e. The molecule has 0 saturated heterocycles. The number of methoxy groups -OCH3 is 1. The molecule has 0 atom stereocenters. The minimum atomic E-state index is -0.656. The van der Waals surface area contributed by atoms with E-state index in [0.29, 0.717) is 0 Å². The molecule has 2 aromatic rings. The number of ether oxygens (including phenoxy) is 1. The number of para-hydroxylation sites is 1. The number of carbonyl (C=O) groups is 1. The van der Waals surface area contributed by atoms with Gasteiger partial charge in [-0.1, -0.05) is 6.07 Å². The number of anilines is 1. The molecule has 21 heavy (non-hydrogen) atoms. The Morgan fingerprint density at radius 3 is 2.95 bits per heavy atom. The van der Waals surface area contributed by atoms with Gasteiger partial charge in [0.15, 0.2) is 0 Å². The van der Waals surface area contributed by atoms with E-state index in [-0.39, 0.29) is 28.4 Å². The molecule has 0 fully saturated rings. The molecule has 0 spiro atoms. The third-order valence-corrected chi connectivity index (χ3v) is 2.64. The summed E-state index contributed by atoms with van der Waals surface area (Å²) in [5, 5.41) is 28.2. The number of carbonyl (C=O) groups excluding carboxylic acids is 1. The van der Waals surface area contributed by atoms with Crippen molar-refractivity contribution in [2.75, 3.05) is 12.4 Å². The lowest BCUT2D eigenvalue weighted by Crippen LogP contribution is -2.15. The molecule has 0 bridgehead atoms. The molecule has 0 saturated carbocycles. The number of nitro groups is 1. The fourth-order valence-electron chi connectivity index (χ4n) is 1.71. The van der Waals surface area contributed by atoms with E-state index >= 15 is 0 Å². The van der Waals surface area contributed by atoms with Crippen LogP contribution in [-0.2, 0) is 0 Å². The van der Waals surface area contributed by atoms with Crippen molar-refractivity contribution in [3.63, 3.8) is 0 Å². The fourth-order valence-corrected chi connectivity index (χ4v) is 1.71. The highest BCUT2D eigenvalue weighted by atomic mass is 16.6. The second kappa shape index (κ2) is 5.70. The lowest BCUT2D eigenvalue weighted by Gasteiger charge is -2.08. The minimum absolute atomic E-state index is 0.0230. The second-order valence-electron chi connectivity index (χ2n) is 3.84. The standard InChI is InChI=1S/C12H9N5O4/c1-21-10-8(3-2-4-9(10)17(19)20)12(18)15-11-7(5-13)6-14-16-11/h2-4,6H,1H3,(H2,14,15,16,18). The average Bonchev–Trinajstić information content (AvgIpc) is 2.93. The SMILES string of the molecule is COc1c(C(=O)Nc2[nH]ncc2C#N)cccc1[N+](=O)[O-]. The molecule has 1 aromatic carbocycles. The molecule has 9 nitrogen and oxygen atoms in total. The van der Waals surface area contributed by atoms with E-state index in [1.54, 1.807) is 0 Å². The summed E-state index contributed by atoms with van der Waals surface area (Å²) in [7, 11) is 1.23. The van der Waals surface area contributed by atoms with Gasteiger partial charge >= 0.3 is 5.69 Å². The highest BCUT2D eigenvalue weighted by Crippen LogP contribution is 2.31. The largest absolute Gasteiger partial charge is 0.490 e. The molecule has 0 radical (unpaired) electrons. The van der Waals surface area contributed by atoms with Crippen LogP contribution in [0.5, 0.6) is 5.75 Å². The molecular weight excluding hydrogens is 278 g/mol. The summed E-state index contributed by atoms with van der Waals surface area (Å²) in [6, 6.07) is 5.82. The summed E-state index contributed by atoms with van der Waals surface area (Å²) < 4.78 is 4.94. The summed E-state index contributed by atoms with van der Waals surface area (Å²) in [6.45, 7) is 0. The predicted octanol–water partition coefficient (Wildman–Crippen LogP) is 1.45. The number of nitrogens with one attached hydrogen (secondary N) is 2. The van der Waals surface area contributed by atoms with Crippen molar-refractivity contribution in [1.82, 2.24) is 10.2 Å². The topological polar surface area (TPSA) is 134 Å². The second-order valence-corrected chi connectivity index (χ2v) is 3.84. The average molecular weight is 287 g/mol. The van der Waals surface area contributed by atoms with Gasteiger partial charge in [-0.05, 0) is 6.07 Å². The Balaban J connectivity index is 2.38. The monoisotopic (exact) mass is 287 g/mol. The fraction of sp³-hybridized carbons (Fsp3) is 0.0833. The molecule has 0 aliphatic rings. The first-order chi connectivity index (χ1) is 10.1. The van der Waals surface area contributed by atoms with Gasteiger partial charge in [0.2, 0.25) is 5.75 Å². The zero-order valence-corrected chi connectivity index (χ0v) is 10.8. The van der Waals surface area contributed by atoms with Crippen molar-refractivity contribution in [3.05, 3.63) is 45.6 Å².